The molecular weight excluding hydrogens is 396 g/mol. The van der Waals surface area contributed by atoms with Gasteiger partial charge in [0, 0.05) is 37.8 Å². The van der Waals surface area contributed by atoms with E-state index in [9.17, 15) is 4.79 Å². The number of hydrogen-bond acceptors (Lipinski definition) is 8. The Morgan fingerprint density at radius 2 is 2.23 bits per heavy atom. The van der Waals surface area contributed by atoms with Crippen LogP contribution in [-0.4, -0.2) is 79.4 Å². The van der Waals surface area contributed by atoms with Gasteiger partial charge in [0.1, 0.15) is 12.4 Å². The number of piperidine rings is 1. The number of benzene rings is 1. The normalized spacial score (nSPS) is 19.7. The molecule has 4 N–H and O–H groups in total. The molecule has 3 heterocycles. The molecule has 0 bridgehead atoms. The number of ether oxygens (including phenoxy) is 2. The molecule has 4 rings (SSSR count). The summed E-state index contributed by atoms with van der Waals surface area (Å²) in [6.07, 6.45) is 3.56. The predicted molar refractivity (Wildman–Crippen MR) is 118 cm³/mol. The minimum atomic E-state index is -0.293. The SMILES string of the molecule is Nc1ncc(-c2cccc(OCCN3CCOCC3)c2)nc1C(=O)NC1CCCNC1. The van der Waals surface area contributed by atoms with Crippen molar-refractivity contribution in [1.82, 2.24) is 25.5 Å². The standard InChI is InChI=1S/C22H30N6O3/c23-21-20(22(29)26-17-4-2-6-24-14-17)27-19(15-25-21)16-3-1-5-18(13-16)31-12-9-28-7-10-30-11-8-28/h1,3,5,13,15,17,24H,2,4,6-12,14H2,(H2,23,25)(H,26,29). The molecule has 166 valence electrons. The molecule has 1 atom stereocenters. The molecule has 9 heteroatoms. The molecule has 2 aliphatic rings. The number of anilines is 1. The highest BCUT2D eigenvalue weighted by molar-refractivity contribution is 5.97. The summed E-state index contributed by atoms with van der Waals surface area (Å²) in [6, 6.07) is 7.73. The van der Waals surface area contributed by atoms with Crippen LogP contribution < -0.4 is 21.1 Å². The Labute approximate surface area is 182 Å². The minimum absolute atomic E-state index is 0.0781. The number of morpholine rings is 1. The first kappa shape index (κ1) is 21.5. The molecule has 0 spiro atoms. The maximum absolute atomic E-state index is 12.7. The fraction of sp³-hybridized carbons (Fsp3) is 0.500. The maximum atomic E-state index is 12.7. The summed E-state index contributed by atoms with van der Waals surface area (Å²) in [5.41, 5.74) is 7.51. The molecule has 9 nitrogen and oxygen atoms in total. The van der Waals surface area contributed by atoms with Crippen molar-refractivity contribution >= 4 is 11.7 Å². The molecule has 31 heavy (non-hydrogen) atoms. The highest BCUT2D eigenvalue weighted by Crippen LogP contribution is 2.23. The van der Waals surface area contributed by atoms with E-state index in [-0.39, 0.29) is 23.5 Å². The van der Waals surface area contributed by atoms with Crippen LogP contribution in [0.25, 0.3) is 11.3 Å². The highest BCUT2D eigenvalue weighted by Gasteiger charge is 2.20. The molecule has 0 aliphatic carbocycles. The lowest BCUT2D eigenvalue weighted by molar-refractivity contribution is 0.0322. The van der Waals surface area contributed by atoms with Crippen LogP contribution >= 0.6 is 0 Å². The molecule has 2 saturated heterocycles. The lowest BCUT2D eigenvalue weighted by atomic mass is 10.1. The number of nitrogens with two attached hydrogens (primary N) is 1. The zero-order chi connectivity index (χ0) is 21.5. The van der Waals surface area contributed by atoms with E-state index in [1.54, 1.807) is 6.20 Å². The van der Waals surface area contributed by atoms with Crippen LogP contribution in [0.2, 0.25) is 0 Å². The average molecular weight is 427 g/mol. The van der Waals surface area contributed by atoms with E-state index in [0.29, 0.717) is 12.3 Å². The van der Waals surface area contributed by atoms with Gasteiger partial charge in [-0.2, -0.15) is 0 Å². The lowest BCUT2D eigenvalue weighted by Gasteiger charge is -2.26. The molecule has 0 radical (unpaired) electrons. The smallest absolute Gasteiger partial charge is 0.274 e. The highest BCUT2D eigenvalue weighted by atomic mass is 16.5. The van der Waals surface area contributed by atoms with E-state index in [1.807, 2.05) is 24.3 Å². The van der Waals surface area contributed by atoms with Crippen molar-refractivity contribution in [2.45, 2.75) is 18.9 Å². The van der Waals surface area contributed by atoms with E-state index in [4.69, 9.17) is 15.2 Å². The number of carbonyl (C=O) groups excluding carboxylic acids is 1. The van der Waals surface area contributed by atoms with E-state index in [1.165, 1.54) is 0 Å². The quantitative estimate of drug-likeness (QED) is 0.599. The molecule has 1 aromatic carbocycles. The van der Waals surface area contributed by atoms with Crippen molar-refractivity contribution in [2.24, 2.45) is 0 Å². The summed E-state index contributed by atoms with van der Waals surface area (Å²) < 4.78 is 11.3. The van der Waals surface area contributed by atoms with Crippen LogP contribution in [0.15, 0.2) is 30.5 Å². The summed E-state index contributed by atoms with van der Waals surface area (Å²) in [4.78, 5) is 23.7. The summed E-state index contributed by atoms with van der Waals surface area (Å²) in [5.74, 6) is 0.588. The van der Waals surface area contributed by atoms with Crippen molar-refractivity contribution in [1.29, 1.82) is 0 Å². The largest absolute Gasteiger partial charge is 0.492 e. The third-order valence-electron chi connectivity index (χ3n) is 5.56. The number of nitrogens with one attached hydrogen (secondary N) is 2. The van der Waals surface area contributed by atoms with Gasteiger partial charge in [-0.15, -0.1) is 0 Å². The van der Waals surface area contributed by atoms with Crippen LogP contribution in [0, 0.1) is 0 Å². The Morgan fingerprint density at radius 1 is 1.35 bits per heavy atom. The number of carbonyl (C=O) groups is 1. The molecular formula is C22H30N6O3. The van der Waals surface area contributed by atoms with E-state index in [2.05, 4.69) is 25.5 Å². The molecule has 1 aromatic heterocycles. The van der Waals surface area contributed by atoms with Crippen molar-refractivity contribution in [2.75, 3.05) is 58.3 Å². The fourth-order valence-electron chi connectivity index (χ4n) is 3.80. The van der Waals surface area contributed by atoms with Crippen molar-refractivity contribution in [3.8, 4) is 17.0 Å². The van der Waals surface area contributed by atoms with Gasteiger partial charge in [-0.3, -0.25) is 9.69 Å². The van der Waals surface area contributed by atoms with Gasteiger partial charge in [0.25, 0.3) is 5.91 Å². The summed E-state index contributed by atoms with van der Waals surface area (Å²) in [7, 11) is 0. The lowest BCUT2D eigenvalue weighted by Crippen LogP contribution is -2.46. The van der Waals surface area contributed by atoms with Crippen LogP contribution in [-0.2, 0) is 4.74 Å². The van der Waals surface area contributed by atoms with Gasteiger partial charge in [0.05, 0.1) is 25.1 Å². The Kier molecular flexibility index (Phi) is 7.29. The Balaban J connectivity index is 1.40. The number of hydrogen-bond donors (Lipinski definition) is 3. The molecule has 1 unspecified atom stereocenters. The Bertz CT molecular complexity index is 881. The topological polar surface area (TPSA) is 115 Å². The first-order valence-electron chi connectivity index (χ1n) is 10.9. The second-order valence-electron chi connectivity index (χ2n) is 7.84. The van der Waals surface area contributed by atoms with Crippen molar-refractivity contribution in [3.63, 3.8) is 0 Å². The van der Waals surface area contributed by atoms with E-state index < -0.39 is 0 Å². The number of nitrogen functional groups attached to an aromatic ring is 1. The molecule has 2 aliphatic heterocycles. The van der Waals surface area contributed by atoms with Gasteiger partial charge in [0.2, 0.25) is 0 Å². The molecule has 2 fully saturated rings. The van der Waals surface area contributed by atoms with Gasteiger partial charge < -0.3 is 25.8 Å². The van der Waals surface area contributed by atoms with Crippen LogP contribution in [0.1, 0.15) is 23.3 Å². The fourth-order valence-corrected chi connectivity index (χ4v) is 3.80. The van der Waals surface area contributed by atoms with Gasteiger partial charge in [-0.05, 0) is 31.5 Å². The number of nitrogens with zero attached hydrogens (tertiary/aromatic N) is 3. The predicted octanol–water partition coefficient (Wildman–Crippen LogP) is 0.919. The first-order valence-corrected chi connectivity index (χ1v) is 10.9. The van der Waals surface area contributed by atoms with Crippen LogP contribution in [0.3, 0.4) is 0 Å². The van der Waals surface area contributed by atoms with Gasteiger partial charge in [-0.1, -0.05) is 12.1 Å². The summed E-state index contributed by atoms with van der Waals surface area (Å²) in [6.45, 7) is 6.61. The van der Waals surface area contributed by atoms with Gasteiger partial charge >= 0.3 is 0 Å². The second kappa shape index (κ2) is 10.5. The third-order valence-corrected chi connectivity index (χ3v) is 5.56. The van der Waals surface area contributed by atoms with E-state index >= 15 is 0 Å². The number of aromatic nitrogens is 2. The minimum Gasteiger partial charge on any atom is -0.492 e. The van der Waals surface area contributed by atoms with Crippen molar-refractivity contribution < 1.29 is 14.3 Å². The maximum Gasteiger partial charge on any atom is 0.274 e. The summed E-state index contributed by atoms with van der Waals surface area (Å²) >= 11 is 0. The molecule has 0 saturated carbocycles. The van der Waals surface area contributed by atoms with Crippen LogP contribution in [0.5, 0.6) is 5.75 Å². The average Bonchev–Trinajstić information content (AvgIpc) is 2.81. The Hall–Kier alpha value is -2.75. The van der Waals surface area contributed by atoms with Gasteiger partial charge in [0.15, 0.2) is 11.5 Å². The number of rotatable bonds is 7. The van der Waals surface area contributed by atoms with Crippen LogP contribution in [0.4, 0.5) is 5.82 Å². The molecule has 1 amide bonds. The Morgan fingerprint density at radius 3 is 3.03 bits per heavy atom. The first-order chi connectivity index (χ1) is 15.2. The molecule has 2 aromatic rings. The zero-order valence-electron chi connectivity index (χ0n) is 17.7. The second-order valence-corrected chi connectivity index (χ2v) is 7.84. The monoisotopic (exact) mass is 426 g/mol. The van der Waals surface area contributed by atoms with Gasteiger partial charge in [-0.25, -0.2) is 9.97 Å². The summed E-state index contributed by atoms with van der Waals surface area (Å²) in [5, 5.41) is 6.29. The van der Waals surface area contributed by atoms with Crippen molar-refractivity contribution in [3.05, 3.63) is 36.2 Å². The van der Waals surface area contributed by atoms with E-state index in [0.717, 1.165) is 70.1 Å². The third kappa shape index (κ3) is 5.90. The zero-order valence-corrected chi connectivity index (χ0v) is 17.7. The number of amides is 1.